The second-order valence-electron chi connectivity index (χ2n) is 21.8. The molecule has 2 aliphatic carbocycles. The number of rotatable bonds is 16. The first-order chi connectivity index (χ1) is 35.9. The number of benzene rings is 4. The molecule has 2 saturated carbocycles. The highest BCUT2D eigenvalue weighted by Crippen LogP contribution is 2.54. The van der Waals surface area contributed by atoms with E-state index < -0.39 is 37.0 Å². The topological polar surface area (TPSA) is 195 Å². The molecule has 2 aliphatic heterocycles. The summed E-state index contributed by atoms with van der Waals surface area (Å²) in [5.74, 6) is 0.508. The summed E-state index contributed by atoms with van der Waals surface area (Å²) in [6.07, 6.45) is 9.96. The van der Waals surface area contributed by atoms with Crippen molar-refractivity contribution in [2.45, 2.75) is 107 Å². The Kier molecular flexibility index (Phi) is 14.7. The minimum Gasteiger partial charge on any atom is -0.497 e. The lowest BCUT2D eigenvalue weighted by Crippen LogP contribution is -2.60. The minimum atomic E-state index is -4.61. The summed E-state index contributed by atoms with van der Waals surface area (Å²) in [4.78, 5) is 40.1. The van der Waals surface area contributed by atoms with Gasteiger partial charge in [-0.2, -0.15) is 0 Å². The van der Waals surface area contributed by atoms with Crippen molar-refractivity contribution < 1.29 is 37.1 Å². The Bertz CT molecular complexity index is 3160. The molecule has 1 atom stereocenters. The zero-order valence-corrected chi connectivity index (χ0v) is 43.9. The van der Waals surface area contributed by atoms with Gasteiger partial charge in [0, 0.05) is 86.8 Å². The average molecular weight is 1040 g/mol. The summed E-state index contributed by atoms with van der Waals surface area (Å²) >= 11 is 0. The van der Waals surface area contributed by atoms with Crippen LogP contribution in [0.1, 0.15) is 111 Å². The molecule has 1 amide bonds. The summed E-state index contributed by atoms with van der Waals surface area (Å²) in [6, 6.07) is 26.1. The number of amides is 1. The van der Waals surface area contributed by atoms with Crippen molar-refractivity contribution in [2.24, 2.45) is 11.3 Å². The fourth-order valence-electron chi connectivity index (χ4n) is 12.0. The molecule has 16 nitrogen and oxygen atoms in total. The van der Waals surface area contributed by atoms with E-state index >= 15 is 4.39 Å². The van der Waals surface area contributed by atoms with Crippen LogP contribution in [0.3, 0.4) is 0 Å². The largest absolute Gasteiger partial charge is 0.497 e. The Morgan fingerprint density at radius 1 is 0.960 bits per heavy atom. The fraction of sp³-hybridized carbons (Fsp3) is 0.439. The number of nitrogens with zero attached hydrogens (tertiary/aromatic N) is 5. The van der Waals surface area contributed by atoms with Gasteiger partial charge < -0.3 is 29.8 Å². The van der Waals surface area contributed by atoms with Crippen molar-refractivity contribution in [1.82, 2.24) is 24.5 Å². The van der Waals surface area contributed by atoms with Gasteiger partial charge in [0.05, 0.1) is 40.3 Å². The fourth-order valence-corrected chi connectivity index (χ4v) is 13.0. The molecule has 0 radical (unpaired) electrons. The smallest absolute Gasteiger partial charge is 0.293 e. The number of ether oxygens (including phenoxy) is 2. The number of sulfonamides is 1. The van der Waals surface area contributed by atoms with E-state index in [4.69, 9.17) is 9.47 Å². The molecule has 2 saturated heterocycles. The number of pyridine rings is 1. The van der Waals surface area contributed by atoms with Crippen molar-refractivity contribution in [3.63, 3.8) is 0 Å². The highest BCUT2D eigenvalue weighted by atomic mass is 32.2. The molecule has 4 N–H and O–H groups in total. The zero-order valence-electron chi connectivity index (χ0n) is 43.1. The van der Waals surface area contributed by atoms with Crippen LogP contribution >= 0.6 is 0 Å². The standard InChI is InChI=1S/C57H67FN8O8S/c1-37(2)46-6-5-7-48(58)53(46)51-36-63(35-39-8-11-43(73-4)12-9-39)26-27-65(51)42-31-57(32-42)21-24-64(25-22-57)41-10-14-47(52(29-41)74-44-28-40-18-23-59-54(40)61-34-44)55(67)62-75(71,72)45-13-15-49(50(30-45)66(69)70)60-33-38-16-19-56(3,68)20-17-38/h5-15,18,23,28-30,34,37-38,42,51,60,68H,16-17,19-22,24-27,31-33,35-36H2,1-4H3,(H,59,61)(H,62,67)/t38?,51-,56?/m0/s1. The second kappa shape index (κ2) is 21.2. The van der Waals surface area contributed by atoms with Gasteiger partial charge in [0.1, 0.15) is 34.4 Å². The lowest BCUT2D eigenvalue weighted by atomic mass is 9.59. The van der Waals surface area contributed by atoms with Crippen LogP contribution in [0.4, 0.5) is 21.5 Å². The number of anilines is 2. The number of fused-ring (bicyclic) bond motifs is 1. The molecule has 4 fully saturated rings. The van der Waals surface area contributed by atoms with Crippen LogP contribution in [0, 0.1) is 27.3 Å². The molecule has 0 bridgehead atoms. The maximum Gasteiger partial charge on any atom is 0.293 e. The maximum absolute atomic E-state index is 16.1. The molecular weight excluding hydrogens is 976 g/mol. The van der Waals surface area contributed by atoms with Gasteiger partial charge in [0.25, 0.3) is 21.6 Å². The number of nitrogens with one attached hydrogen (secondary N) is 3. The van der Waals surface area contributed by atoms with Crippen LogP contribution in [-0.2, 0) is 16.6 Å². The first-order valence-electron chi connectivity index (χ1n) is 26.2. The van der Waals surface area contributed by atoms with Gasteiger partial charge in [-0.1, -0.05) is 38.1 Å². The molecule has 396 valence electrons. The van der Waals surface area contributed by atoms with Crippen molar-refractivity contribution in [1.29, 1.82) is 0 Å². The Hall–Kier alpha value is -6.60. The van der Waals surface area contributed by atoms with Crippen LogP contribution in [0.5, 0.6) is 17.2 Å². The number of aliphatic hydroxyl groups is 1. The number of nitro benzene ring substituents is 1. The Morgan fingerprint density at radius 2 is 1.72 bits per heavy atom. The van der Waals surface area contributed by atoms with E-state index in [1.54, 1.807) is 50.6 Å². The van der Waals surface area contributed by atoms with Gasteiger partial charge in [0.15, 0.2) is 0 Å². The summed E-state index contributed by atoms with van der Waals surface area (Å²) < 4.78 is 57.7. The highest BCUT2D eigenvalue weighted by molar-refractivity contribution is 7.90. The van der Waals surface area contributed by atoms with Gasteiger partial charge in [-0.3, -0.25) is 24.7 Å². The summed E-state index contributed by atoms with van der Waals surface area (Å²) in [6.45, 7) is 11.2. The number of methoxy groups -OCH3 is 1. The molecule has 0 unspecified atom stereocenters. The molecule has 18 heteroatoms. The van der Waals surface area contributed by atoms with E-state index in [0.717, 1.165) is 112 Å². The second-order valence-corrected chi connectivity index (χ2v) is 23.5. The molecule has 2 aromatic heterocycles. The van der Waals surface area contributed by atoms with Crippen LogP contribution in [-0.4, -0.2) is 102 Å². The van der Waals surface area contributed by atoms with Crippen molar-refractivity contribution in [2.75, 3.05) is 56.6 Å². The first kappa shape index (κ1) is 51.9. The third-order valence-corrected chi connectivity index (χ3v) is 17.7. The molecule has 4 heterocycles. The van der Waals surface area contributed by atoms with E-state index in [9.17, 15) is 28.4 Å². The quantitative estimate of drug-likeness (QED) is 0.0529. The Labute approximate surface area is 437 Å². The molecule has 4 aliphatic rings. The monoisotopic (exact) mass is 1040 g/mol. The number of hydrogen-bond acceptors (Lipinski definition) is 13. The Balaban J connectivity index is 0.836. The SMILES string of the molecule is COc1ccc(CN2CCN(C3CC4(CCN(c5ccc(C(=O)NS(=O)(=O)c6ccc(NCC7CCC(C)(O)CC7)c([N+](=O)[O-])c6)c(Oc6cnc7[nH]ccc7c6)c5)CC4)C3)[C@H](c3c(F)cccc3C(C)C)C2)cc1. The molecule has 4 aromatic carbocycles. The normalized spacial score (nSPS) is 21.5. The van der Waals surface area contributed by atoms with Gasteiger partial charge >= 0.3 is 0 Å². The van der Waals surface area contributed by atoms with E-state index in [0.29, 0.717) is 36.8 Å². The molecule has 1 spiro atoms. The average Bonchev–Trinajstić information content (AvgIpc) is 3.87. The van der Waals surface area contributed by atoms with Crippen LogP contribution in [0.2, 0.25) is 0 Å². The van der Waals surface area contributed by atoms with Crippen molar-refractivity contribution >= 4 is 44.0 Å². The zero-order chi connectivity index (χ0) is 52.6. The number of halogens is 1. The molecular formula is C57H67FN8O8S. The molecule has 6 aromatic rings. The number of piperidine rings is 1. The Morgan fingerprint density at radius 3 is 2.44 bits per heavy atom. The number of nitro groups is 1. The first-order valence-corrected chi connectivity index (χ1v) is 27.6. The number of carbonyl (C=O) groups is 1. The number of aromatic amines is 1. The minimum absolute atomic E-state index is 0.0554. The van der Waals surface area contributed by atoms with Gasteiger partial charge in [-0.05, 0) is 141 Å². The van der Waals surface area contributed by atoms with Gasteiger partial charge in [-0.25, -0.2) is 22.5 Å². The third-order valence-electron chi connectivity index (χ3n) is 16.4. The lowest BCUT2D eigenvalue weighted by molar-refractivity contribution is -0.384. The summed E-state index contributed by atoms with van der Waals surface area (Å²) in [5.41, 5.74) is 3.59. The number of H-pyrrole nitrogens is 1. The maximum atomic E-state index is 16.1. The van der Waals surface area contributed by atoms with Crippen molar-refractivity contribution in [3.8, 4) is 17.2 Å². The number of hydrogen-bond donors (Lipinski definition) is 4. The lowest BCUT2D eigenvalue weighted by Gasteiger charge is -2.58. The summed E-state index contributed by atoms with van der Waals surface area (Å²) in [7, 11) is -2.94. The highest BCUT2D eigenvalue weighted by Gasteiger charge is 2.50. The number of aromatic nitrogens is 2. The van der Waals surface area contributed by atoms with Gasteiger partial charge in [0.2, 0.25) is 0 Å². The van der Waals surface area contributed by atoms with E-state index in [1.807, 2.05) is 24.3 Å². The van der Waals surface area contributed by atoms with E-state index in [-0.39, 0.29) is 46.1 Å². The number of piperazine rings is 1. The van der Waals surface area contributed by atoms with Crippen LogP contribution < -0.4 is 24.4 Å². The van der Waals surface area contributed by atoms with Crippen LogP contribution in [0.15, 0.2) is 108 Å². The summed E-state index contributed by atoms with van der Waals surface area (Å²) in [5, 5.41) is 26.5. The van der Waals surface area contributed by atoms with E-state index in [2.05, 4.69) is 66.8 Å². The van der Waals surface area contributed by atoms with Gasteiger partial charge in [-0.15, -0.1) is 0 Å². The predicted molar refractivity (Wildman–Crippen MR) is 287 cm³/mol. The predicted octanol–water partition coefficient (Wildman–Crippen LogP) is 10.3. The van der Waals surface area contributed by atoms with E-state index in [1.165, 1.54) is 23.9 Å². The third kappa shape index (κ3) is 11.3. The number of carbonyl (C=O) groups excluding carboxylic acids is 1. The molecule has 75 heavy (non-hydrogen) atoms. The molecule has 10 rings (SSSR count). The van der Waals surface area contributed by atoms with Crippen molar-refractivity contribution in [3.05, 3.63) is 142 Å². The van der Waals surface area contributed by atoms with Crippen LogP contribution in [0.25, 0.3) is 11.0 Å².